The monoisotopic (exact) mass is 311 g/mol. The Kier molecular flexibility index (Phi) is 3.98. The molecule has 7 nitrogen and oxygen atoms in total. The molecular weight excluding hydrogens is 294 g/mol. The Labute approximate surface area is 134 Å². The maximum Gasteiger partial charge on any atom is 0.263 e. The van der Waals surface area contributed by atoms with Gasteiger partial charge in [-0.05, 0) is 38.1 Å². The summed E-state index contributed by atoms with van der Waals surface area (Å²) in [5.41, 5.74) is 0.557. The average Bonchev–Trinajstić information content (AvgIpc) is 2.95. The lowest BCUT2D eigenvalue weighted by Gasteiger charge is -2.29. The number of nitriles is 1. The molecule has 3 rings (SSSR count). The van der Waals surface area contributed by atoms with Crippen LogP contribution in [-0.2, 0) is 17.9 Å². The summed E-state index contributed by atoms with van der Waals surface area (Å²) in [4.78, 5) is 14.3. The summed E-state index contributed by atoms with van der Waals surface area (Å²) in [6.45, 7) is 5.39. The maximum absolute atomic E-state index is 12.5. The van der Waals surface area contributed by atoms with Crippen LogP contribution in [0.25, 0.3) is 0 Å². The molecule has 1 amide bonds. The number of ether oxygens (including phenoxy) is 1. The number of aryl methyl sites for hydroxylation is 1. The Morgan fingerprint density at radius 3 is 2.74 bits per heavy atom. The Balaban J connectivity index is 1.64. The van der Waals surface area contributed by atoms with Crippen LogP contribution in [0.2, 0.25) is 0 Å². The smallest absolute Gasteiger partial charge is 0.263 e. The third-order valence-electron chi connectivity index (χ3n) is 3.89. The maximum atomic E-state index is 12.5. The number of aromatic nitrogens is 3. The Bertz CT molecular complexity index is 760. The van der Waals surface area contributed by atoms with E-state index in [2.05, 4.69) is 10.2 Å². The first-order valence-corrected chi connectivity index (χ1v) is 7.43. The highest BCUT2D eigenvalue weighted by molar-refractivity contribution is 5.81. The van der Waals surface area contributed by atoms with E-state index in [0.717, 1.165) is 11.6 Å². The molecule has 0 radical (unpaired) electrons. The van der Waals surface area contributed by atoms with Crippen molar-refractivity contribution in [1.29, 1.82) is 5.26 Å². The third-order valence-corrected chi connectivity index (χ3v) is 3.89. The zero-order valence-corrected chi connectivity index (χ0v) is 13.1. The molecule has 1 aromatic carbocycles. The van der Waals surface area contributed by atoms with E-state index in [-0.39, 0.29) is 5.91 Å². The zero-order valence-electron chi connectivity index (χ0n) is 13.1. The molecule has 7 heteroatoms. The van der Waals surface area contributed by atoms with Gasteiger partial charge in [0.25, 0.3) is 5.91 Å². The number of hydrogen-bond donors (Lipinski definition) is 0. The number of carbonyl (C=O) groups excluding carboxylic acids is 1. The Morgan fingerprint density at radius 1 is 1.30 bits per heavy atom. The summed E-state index contributed by atoms with van der Waals surface area (Å²) in [7, 11) is 0. The van der Waals surface area contributed by atoms with Crippen molar-refractivity contribution >= 4 is 5.91 Å². The predicted octanol–water partition coefficient (Wildman–Crippen LogP) is 1.27. The fraction of sp³-hybridized carbons (Fsp3) is 0.375. The van der Waals surface area contributed by atoms with Crippen molar-refractivity contribution in [2.75, 3.05) is 6.54 Å². The average molecular weight is 311 g/mol. The van der Waals surface area contributed by atoms with Gasteiger partial charge < -0.3 is 14.2 Å². The fourth-order valence-corrected chi connectivity index (χ4v) is 2.61. The first-order chi connectivity index (χ1) is 11.1. The first kappa shape index (κ1) is 15.0. The van der Waals surface area contributed by atoms with Crippen LogP contribution in [0, 0.1) is 18.3 Å². The molecule has 0 unspecified atom stereocenters. The molecule has 0 spiro atoms. The molecule has 23 heavy (non-hydrogen) atoms. The lowest BCUT2D eigenvalue weighted by atomic mass is 10.2. The van der Waals surface area contributed by atoms with E-state index < -0.39 is 6.10 Å². The summed E-state index contributed by atoms with van der Waals surface area (Å²) in [5, 5.41) is 16.9. The number of carbonyl (C=O) groups is 1. The van der Waals surface area contributed by atoms with Crippen molar-refractivity contribution in [2.24, 2.45) is 0 Å². The van der Waals surface area contributed by atoms with Crippen LogP contribution in [0.1, 0.15) is 24.1 Å². The van der Waals surface area contributed by atoms with E-state index in [1.54, 1.807) is 36.1 Å². The zero-order chi connectivity index (χ0) is 16.4. The van der Waals surface area contributed by atoms with E-state index in [9.17, 15) is 4.79 Å². The van der Waals surface area contributed by atoms with Crippen molar-refractivity contribution < 1.29 is 9.53 Å². The van der Waals surface area contributed by atoms with Gasteiger partial charge in [0.15, 0.2) is 11.9 Å². The van der Waals surface area contributed by atoms with Gasteiger partial charge in [-0.15, -0.1) is 10.2 Å². The summed E-state index contributed by atoms with van der Waals surface area (Å²) in [5.74, 6) is 2.16. The Morgan fingerprint density at radius 2 is 2.04 bits per heavy atom. The van der Waals surface area contributed by atoms with Gasteiger partial charge in [0, 0.05) is 13.1 Å². The number of benzene rings is 1. The highest BCUT2D eigenvalue weighted by Gasteiger charge is 2.27. The molecule has 1 atom stereocenters. The molecule has 0 fully saturated rings. The molecule has 0 saturated heterocycles. The minimum atomic E-state index is -0.599. The second-order valence-electron chi connectivity index (χ2n) is 5.47. The largest absolute Gasteiger partial charge is 0.481 e. The molecule has 2 aromatic rings. The number of amides is 1. The third kappa shape index (κ3) is 3.01. The molecule has 1 aliphatic heterocycles. The van der Waals surface area contributed by atoms with Gasteiger partial charge in [0.1, 0.15) is 11.6 Å². The number of rotatable bonds is 3. The van der Waals surface area contributed by atoms with Crippen LogP contribution in [0.5, 0.6) is 5.75 Å². The van der Waals surface area contributed by atoms with E-state index in [1.807, 2.05) is 17.6 Å². The van der Waals surface area contributed by atoms with Crippen molar-refractivity contribution in [1.82, 2.24) is 19.7 Å². The van der Waals surface area contributed by atoms with Crippen molar-refractivity contribution in [3.05, 3.63) is 41.5 Å². The lowest BCUT2D eigenvalue weighted by Crippen LogP contribution is -2.44. The van der Waals surface area contributed by atoms with Crippen LogP contribution in [-0.4, -0.2) is 38.2 Å². The number of nitrogens with zero attached hydrogens (tertiary/aromatic N) is 5. The quantitative estimate of drug-likeness (QED) is 0.852. The summed E-state index contributed by atoms with van der Waals surface area (Å²) in [6.07, 6.45) is -0.599. The summed E-state index contributed by atoms with van der Waals surface area (Å²) < 4.78 is 7.70. The van der Waals surface area contributed by atoms with Gasteiger partial charge in [0.2, 0.25) is 0 Å². The van der Waals surface area contributed by atoms with Crippen LogP contribution in [0.15, 0.2) is 24.3 Å². The standard InChI is InChI=1S/C16H17N5O2/c1-11(23-14-5-3-13(9-17)4-6-14)16(22)20-7-8-21-12(2)18-19-15(21)10-20/h3-6,11H,7-8,10H2,1-2H3/t11-/m1/s1. The van der Waals surface area contributed by atoms with Gasteiger partial charge in [-0.1, -0.05) is 0 Å². The lowest BCUT2D eigenvalue weighted by molar-refractivity contribution is -0.139. The molecule has 0 saturated carbocycles. The van der Waals surface area contributed by atoms with Crippen molar-refractivity contribution in [3.63, 3.8) is 0 Å². The van der Waals surface area contributed by atoms with E-state index in [4.69, 9.17) is 10.00 Å². The van der Waals surface area contributed by atoms with Crippen molar-refractivity contribution in [3.8, 4) is 11.8 Å². The topological polar surface area (TPSA) is 84.0 Å². The highest BCUT2D eigenvalue weighted by Crippen LogP contribution is 2.17. The number of hydrogen-bond acceptors (Lipinski definition) is 5. The van der Waals surface area contributed by atoms with Crippen LogP contribution in [0.3, 0.4) is 0 Å². The highest BCUT2D eigenvalue weighted by atomic mass is 16.5. The number of fused-ring (bicyclic) bond motifs is 1. The minimum absolute atomic E-state index is 0.0822. The molecule has 118 valence electrons. The van der Waals surface area contributed by atoms with Gasteiger partial charge in [0.05, 0.1) is 18.2 Å². The molecule has 0 N–H and O–H groups in total. The first-order valence-electron chi connectivity index (χ1n) is 7.43. The summed E-state index contributed by atoms with van der Waals surface area (Å²) >= 11 is 0. The molecular formula is C16H17N5O2. The fourth-order valence-electron chi connectivity index (χ4n) is 2.61. The predicted molar refractivity (Wildman–Crippen MR) is 81.4 cm³/mol. The van der Waals surface area contributed by atoms with Crippen LogP contribution < -0.4 is 4.74 Å². The molecule has 2 heterocycles. The van der Waals surface area contributed by atoms with E-state index in [1.165, 1.54) is 0 Å². The van der Waals surface area contributed by atoms with Gasteiger partial charge in [-0.3, -0.25) is 4.79 Å². The summed E-state index contributed by atoms with van der Waals surface area (Å²) in [6, 6.07) is 8.76. The molecule has 0 bridgehead atoms. The minimum Gasteiger partial charge on any atom is -0.481 e. The molecule has 1 aliphatic rings. The van der Waals surface area contributed by atoms with Crippen LogP contribution >= 0.6 is 0 Å². The van der Waals surface area contributed by atoms with Gasteiger partial charge >= 0.3 is 0 Å². The molecule has 0 aliphatic carbocycles. The van der Waals surface area contributed by atoms with Crippen molar-refractivity contribution in [2.45, 2.75) is 33.0 Å². The normalized spacial score (nSPS) is 14.7. The SMILES string of the molecule is Cc1nnc2n1CCN(C(=O)[C@@H](C)Oc1ccc(C#N)cc1)C2. The van der Waals surface area contributed by atoms with E-state index in [0.29, 0.717) is 30.9 Å². The van der Waals surface area contributed by atoms with Crippen LogP contribution in [0.4, 0.5) is 0 Å². The van der Waals surface area contributed by atoms with Gasteiger partial charge in [-0.25, -0.2) is 0 Å². The Hall–Kier alpha value is -2.88. The van der Waals surface area contributed by atoms with Gasteiger partial charge in [-0.2, -0.15) is 5.26 Å². The second-order valence-corrected chi connectivity index (χ2v) is 5.47. The van der Waals surface area contributed by atoms with E-state index >= 15 is 0 Å². The molecule has 1 aromatic heterocycles. The second kappa shape index (κ2) is 6.08.